The molecule has 0 rings (SSSR count). The number of hydrogen-bond donors (Lipinski definition) is 3. The smallest absolute Gasteiger partial charge is 0.462 e. The summed E-state index contributed by atoms with van der Waals surface area (Å²) in [6.45, 7) is 4.30. The predicted octanol–water partition coefficient (Wildman–Crippen LogP) is 22.8. The average Bonchev–Trinajstić information content (AvgIpc) is 0.911. The monoisotopic (exact) mass is 1490 g/mol. The standard InChI is InChI=1S/C85H136O17P2/c1-5-9-13-17-21-25-29-33-36-38-39-41-43-47-50-54-58-62-66-70-83(88)96-76-81(102-85(90)72-68-64-60-56-52-48-44-40-37-34-30-26-22-18-14-10-6-2)78-100-104(93,94)98-74-79(86)73-97-103(91,92)99-77-80(101-84(89)71-67-63-59-55-51-45-32-28-24-20-16-12-8-4)75-95-82(87)69-65-61-57-53-49-46-42-35-31-27-23-19-15-11-7-3/h9-11,13-16,20-23,25-28,32-37,39,41-42,44,47-50,53,79-81,86H,5-8,12,17-19,24,29-31,38,40,43,45-46,51-52,54-78H2,1-4H3,(H,91,92)(H,93,94)/b13-9-,14-10-,15-11-,20-16-,25-21-,26-22-,27-23-,32-28-,36-33-,37-34-,41-39-,42-35-,48-44-,50-47-,53-49-. The number of allylic oxidation sites excluding steroid dienone is 30. The van der Waals surface area contributed by atoms with Gasteiger partial charge in [0.05, 0.1) is 26.4 Å². The lowest BCUT2D eigenvalue weighted by molar-refractivity contribution is -0.161. The highest BCUT2D eigenvalue weighted by Crippen LogP contribution is 2.45. The van der Waals surface area contributed by atoms with Crippen LogP contribution in [-0.4, -0.2) is 96.7 Å². The maximum Gasteiger partial charge on any atom is 0.472 e. The van der Waals surface area contributed by atoms with E-state index in [9.17, 15) is 43.2 Å². The second-order valence-corrected chi connectivity index (χ2v) is 28.1. The molecule has 0 aliphatic carbocycles. The molecule has 104 heavy (non-hydrogen) atoms. The van der Waals surface area contributed by atoms with Gasteiger partial charge in [-0.1, -0.05) is 255 Å². The van der Waals surface area contributed by atoms with Crippen LogP contribution in [0.3, 0.4) is 0 Å². The van der Waals surface area contributed by atoms with Crippen LogP contribution in [0.1, 0.15) is 272 Å². The number of carbonyl (C=O) groups is 4. The van der Waals surface area contributed by atoms with Crippen molar-refractivity contribution in [3.8, 4) is 0 Å². The molecule has 0 aromatic rings. The molecule has 0 bridgehead atoms. The summed E-state index contributed by atoms with van der Waals surface area (Å²) in [6.07, 6.45) is 90.2. The SMILES string of the molecule is CC/C=C\C/C=C\C/C=C\C/C=C\C/C=C\CCCCCC(=O)OCC(COP(=O)(O)OCC(O)COP(=O)(O)OCC(COC(=O)CCCC/C=C\C/C=C\C/C=C\C/C=C\CC)OC(=O)CCCCCCC/C=C\C/C=C\CCC)OC(=O)CCCCCC/C=C\C/C=C\C/C=C\C/C=C\CC. The van der Waals surface area contributed by atoms with E-state index in [2.05, 4.69) is 210 Å². The summed E-state index contributed by atoms with van der Waals surface area (Å²) in [7, 11) is -10.0. The van der Waals surface area contributed by atoms with E-state index in [4.69, 9.17) is 37.0 Å². The lowest BCUT2D eigenvalue weighted by Crippen LogP contribution is -2.30. The summed E-state index contributed by atoms with van der Waals surface area (Å²) in [5, 5.41) is 10.6. The van der Waals surface area contributed by atoms with Gasteiger partial charge in [0.2, 0.25) is 0 Å². The maximum absolute atomic E-state index is 13.1. The zero-order chi connectivity index (χ0) is 76.0. The Morgan fingerprint density at radius 3 is 0.798 bits per heavy atom. The number of hydrogen-bond acceptors (Lipinski definition) is 15. The van der Waals surface area contributed by atoms with Crippen LogP contribution in [0.5, 0.6) is 0 Å². The fraction of sp³-hybridized carbons (Fsp3) is 0.600. The van der Waals surface area contributed by atoms with Gasteiger partial charge in [-0.3, -0.25) is 37.3 Å². The molecule has 0 saturated heterocycles. The number of ether oxygens (including phenoxy) is 4. The van der Waals surface area contributed by atoms with Crippen molar-refractivity contribution < 1.29 is 80.2 Å². The highest BCUT2D eigenvalue weighted by Gasteiger charge is 2.30. The van der Waals surface area contributed by atoms with E-state index < -0.39 is 97.5 Å². The van der Waals surface area contributed by atoms with Crippen molar-refractivity contribution in [3.63, 3.8) is 0 Å². The number of carbonyl (C=O) groups excluding carboxylic acids is 4. The molecule has 0 heterocycles. The average molecular weight is 1490 g/mol. The van der Waals surface area contributed by atoms with E-state index in [0.29, 0.717) is 25.7 Å². The van der Waals surface area contributed by atoms with Crippen molar-refractivity contribution in [1.29, 1.82) is 0 Å². The molecule has 588 valence electrons. The minimum atomic E-state index is -5.01. The van der Waals surface area contributed by atoms with Gasteiger partial charge in [-0.05, 0) is 173 Å². The van der Waals surface area contributed by atoms with Crippen LogP contribution < -0.4 is 0 Å². The molecule has 0 fully saturated rings. The van der Waals surface area contributed by atoms with Crippen LogP contribution in [0.4, 0.5) is 0 Å². The summed E-state index contributed by atoms with van der Waals surface area (Å²) in [5.74, 6) is -2.32. The lowest BCUT2D eigenvalue weighted by atomic mass is 10.1. The van der Waals surface area contributed by atoms with Gasteiger partial charge in [-0.15, -0.1) is 0 Å². The maximum atomic E-state index is 13.1. The van der Waals surface area contributed by atoms with Crippen molar-refractivity contribution in [2.75, 3.05) is 39.6 Å². The molecule has 0 aromatic heterocycles. The molecule has 0 aliphatic heterocycles. The van der Waals surface area contributed by atoms with Crippen LogP contribution in [0.15, 0.2) is 182 Å². The van der Waals surface area contributed by atoms with Crippen LogP contribution >= 0.6 is 15.6 Å². The Balaban J connectivity index is 5.48. The highest BCUT2D eigenvalue weighted by atomic mass is 31.2. The second-order valence-electron chi connectivity index (χ2n) is 25.1. The lowest BCUT2D eigenvalue weighted by Gasteiger charge is -2.21. The van der Waals surface area contributed by atoms with Crippen molar-refractivity contribution in [2.24, 2.45) is 0 Å². The van der Waals surface area contributed by atoms with Gasteiger partial charge in [0, 0.05) is 25.7 Å². The van der Waals surface area contributed by atoms with Crippen LogP contribution in [-0.2, 0) is 65.4 Å². The molecule has 17 nitrogen and oxygen atoms in total. The Labute approximate surface area is 628 Å². The molecule has 0 radical (unpaired) electrons. The van der Waals surface area contributed by atoms with Gasteiger partial charge in [0.15, 0.2) is 12.2 Å². The third-order valence-corrected chi connectivity index (χ3v) is 17.2. The molecule has 3 N–H and O–H groups in total. The Morgan fingerprint density at radius 1 is 0.279 bits per heavy atom. The molecule has 0 saturated carbocycles. The third kappa shape index (κ3) is 74.4. The topological polar surface area (TPSA) is 237 Å². The number of phosphoric acid groups is 2. The van der Waals surface area contributed by atoms with Crippen molar-refractivity contribution in [3.05, 3.63) is 182 Å². The van der Waals surface area contributed by atoms with Gasteiger partial charge >= 0.3 is 39.5 Å². The first-order valence-electron chi connectivity index (χ1n) is 39.0. The molecule has 5 unspecified atom stereocenters. The van der Waals surface area contributed by atoms with Crippen LogP contribution in [0, 0.1) is 0 Å². The van der Waals surface area contributed by atoms with Gasteiger partial charge in [-0.2, -0.15) is 0 Å². The van der Waals surface area contributed by atoms with Gasteiger partial charge in [-0.25, -0.2) is 9.13 Å². The molecule has 0 aliphatic rings. The largest absolute Gasteiger partial charge is 0.472 e. The van der Waals surface area contributed by atoms with E-state index in [1.807, 2.05) is 0 Å². The fourth-order valence-electron chi connectivity index (χ4n) is 9.50. The Bertz CT molecular complexity index is 2690. The van der Waals surface area contributed by atoms with Gasteiger partial charge in [0.25, 0.3) is 0 Å². The quantitative estimate of drug-likeness (QED) is 0.0169. The van der Waals surface area contributed by atoms with E-state index >= 15 is 0 Å². The van der Waals surface area contributed by atoms with Crippen LogP contribution in [0.25, 0.3) is 0 Å². The van der Waals surface area contributed by atoms with Crippen molar-refractivity contribution in [1.82, 2.24) is 0 Å². The summed E-state index contributed by atoms with van der Waals surface area (Å²) in [4.78, 5) is 73.0. The molecular weight excluding hydrogens is 1350 g/mol. The second kappa shape index (κ2) is 75.4. The van der Waals surface area contributed by atoms with Gasteiger partial charge in [0.1, 0.15) is 19.3 Å². The Kier molecular flexibility index (Phi) is 71.2. The molecule has 5 atom stereocenters. The zero-order valence-electron chi connectivity index (χ0n) is 64.1. The molecular formula is C85H136O17P2. The Hall–Kier alpha value is -5.84. The number of aliphatic hydroxyl groups is 1. The van der Waals surface area contributed by atoms with E-state index in [1.54, 1.807) is 0 Å². The fourth-order valence-corrected chi connectivity index (χ4v) is 11.1. The number of phosphoric ester groups is 2. The molecule has 19 heteroatoms. The van der Waals surface area contributed by atoms with E-state index in [-0.39, 0.29) is 25.7 Å². The minimum absolute atomic E-state index is 0.0506. The van der Waals surface area contributed by atoms with Gasteiger partial charge < -0.3 is 33.8 Å². The van der Waals surface area contributed by atoms with Crippen molar-refractivity contribution >= 4 is 39.5 Å². The number of unbranched alkanes of at least 4 members (excludes halogenated alkanes) is 15. The Morgan fingerprint density at radius 2 is 0.500 bits per heavy atom. The zero-order valence-corrected chi connectivity index (χ0v) is 65.9. The normalized spacial score (nSPS) is 14.9. The molecule has 0 amide bonds. The summed E-state index contributed by atoms with van der Waals surface area (Å²) >= 11 is 0. The first-order valence-corrected chi connectivity index (χ1v) is 42.0. The highest BCUT2D eigenvalue weighted by molar-refractivity contribution is 7.47. The van der Waals surface area contributed by atoms with E-state index in [0.717, 1.165) is 193 Å². The summed E-state index contributed by atoms with van der Waals surface area (Å²) in [6, 6.07) is 0. The van der Waals surface area contributed by atoms with E-state index in [1.165, 1.54) is 0 Å². The molecule has 0 spiro atoms. The van der Waals surface area contributed by atoms with Crippen LogP contribution in [0.2, 0.25) is 0 Å². The predicted molar refractivity (Wildman–Crippen MR) is 426 cm³/mol. The first kappa shape index (κ1) is 98.2. The minimum Gasteiger partial charge on any atom is -0.462 e. The first-order chi connectivity index (χ1) is 50.7. The number of rotatable bonds is 71. The third-order valence-electron chi connectivity index (χ3n) is 15.3. The summed E-state index contributed by atoms with van der Waals surface area (Å²) in [5.41, 5.74) is 0. The number of aliphatic hydroxyl groups excluding tert-OH is 1. The summed E-state index contributed by atoms with van der Waals surface area (Å²) < 4.78 is 68.5. The molecule has 0 aromatic carbocycles. The number of esters is 4. The van der Waals surface area contributed by atoms with Crippen molar-refractivity contribution in [2.45, 2.75) is 290 Å².